The molecule has 1 amide bonds. The van der Waals surface area contributed by atoms with Crippen molar-refractivity contribution < 1.29 is 14.3 Å². The zero-order chi connectivity index (χ0) is 18.3. The highest BCUT2D eigenvalue weighted by Crippen LogP contribution is 2.59. The number of esters is 1. The number of nitrogens with zero attached hydrogens (tertiary/aromatic N) is 2. The fourth-order valence-electron chi connectivity index (χ4n) is 3.71. The van der Waals surface area contributed by atoms with E-state index < -0.39 is 11.5 Å². The first kappa shape index (κ1) is 17.3. The number of ether oxygens (including phenoxy) is 1. The molecule has 3 heterocycles. The minimum absolute atomic E-state index is 0.114. The highest BCUT2D eigenvalue weighted by atomic mass is 32.2. The van der Waals surface area contributed by atoms with E-state index in [9.17, 15) is 9.59 Å². The molecule has 0 saturated carbocycles. The van der Waals surface area contributed by atoms with E-state index in [1.165, 1.54) is 11.9 Å². The topological polar surface area (TPSA) is 59.0 Å². The van der Waals surface area contributed by atoms with Gasteiger partial charge in [-0.05, 0) is 30.5 Å². The van der Waals surface area contributed by atoms with E-state index in [1.54, 1.807) is 23.1 Å². The summed E-state index contributed by atoms with van der Waals surface area (Å²) in [7, 11) is 0. The number of amides is 1. The predicted octanol–water partition coefficient (Wildman–Crippen LogP) is 3.88. The van der Waals surface area contributed by atoms with E-state index in [2.05, 4.69) is 5.10 Å². The molecule has 7 heteroatoms. The average molecular weight is 386 g/mol. The van der Waals surface area contributed by atoms with Crippen LogP contribution in [0.3, 0.4) is 0 Å². The third-order valence-corrected chi connectivity index (χ3v) is 7.38. The summed E-state index contributed by atoms with van der Waals surface area (Å²) >= 11 is 3.27. The first-order valence-corrected chi connectivity index (χ1v) is 10.3. The van der Waals surface area contributed by atoms with Crippen LogP contribution in [-0.4, -0.2) is 29.4 Å². The summed E-state index contributed by atoms with van der Waals surface area (Å²) < 4.78 is 5.62. The molecule has 1 aromatic carbocycles. The molecule has 2 aliphatic rings. The maximum atomic E-state index is 13.6. The zero-order valence-corrected chi connectivity index (χ0v) is 16.0. The second-order valence-electron chi connectivity index (χ2n) is 6.33. The van der Waals surface area contributed by atoms with Gasteiger partial charge in [0.05, 0.1) is 16.6 Å². The predicted molar refractivity (Wildman–Crippen MR) is 105 cm³/mol. The van der Waals surface area contributed by atoms with Gasteiger partial charge in [0.25, 0.3) is 5.91 Å². The van der Waals surface area contributed by atoms with Gasteiger partial charge in [0.2, 0.25) is 0 Å². The number of carbonyl (C=O) groups excluding carboxylic acids is 2. The number of para-hydroxylation sites is 1. The van der Waals surface area contributed by atoms with Crippen molar-refractivity contribution in [1.29, 1.82) is 0 Å². The summed E-state index contributed by atoms with van der Waals surface area (Å²) in [6.45, 7) is 3.25. The Kier molecular flexibility index (Phi) is 4.36. The van der Waals surface area contributed by atoms with Gasteiger partial charge in [0.15, 0.2) is 0 Å². The van der Waals surface area contributed by atoms with E-state index in [-0.39, 0.29) is 17.1 Å². The third-order valence-electron chi connectivity index (χ3n) is 4.84. The van der Waals surface area contributed by atoms with Gasteiger partial charge in [0.1, 0.15) is 11.5 Å². The molecule has 1 saturated heterocycles. The van der Waals surface area contributed by atoms with Crippen LogP contribution in [-0.2, 0) is 14.3 Å². The second-order valence-corrected chi connectivity index (χ2v) is 8.45. The van der Waals surface area contributed by atoms with E-state index in [0.717, 1.165) is 10.6 Å². The van der Waals surface area contributed by atoms with Crippen molar-refractivity contribution in [3.63, 3.8) is 0 Å². The molecule has 26 heavy (non-hydrogen) atoms. The number of hydrazone groups is 1. The Labute approximate surface area is 160 Å². The normalized spacial score (nSPS) is 27.8. The lowest BCUT2D eigenvalue weighted by atomic mass is 9.74. The molecule has 4 rings (SSSR count). The lowest BCUT2D eigenvalue weighted by molar-refractivity contribution is -0.151. The SMILES string of the molecule is CC(=O)O[C@H]1CS[C@@H](c2cccs2)[C@]12C(=O)N(c1ccccc1)N=C2C. The van der Waals surface area contributed by atoms with Crippen LogP contribution in [0, 0.1) is 5.41 Å². The Hall–Kier alpha value is -2.12. The summed E-state index contributed by atoms with van der Waals surface area (Å²) in [6.07, 6.45) is -0.526. The lowest BCUT2D eigenvalue weighted by Crippen LogP contribution is -2.50. The fraction of sp³-hybridized carbons (Fsp3) is 0.316. The molecule has 5 nitrogen and oxygen atoms in total. The molecule has 1 spiro atoms. The first-order valence-electron chi connectivity index (χ1n) is 8.32. The molecule has 0 N–H and O–H groups in total. The number of thioether (sulfide) groups is 1. The number of benzene rings is 1. The van der Waals surface area contributed by atoms with Crippen molar-refractivity contribution in [3.05, 3.63) is 52.7 Å². The van der Waals surface area contributed by atoms with Gasteiger partial charge in [-0.25, -0.2) is 0 Å². The van der Waals surface area contributed by atoms with Crippen LogP contribution in [0.5, 0.6) is 0 Å². The zero-order valence-electron chi connectivity index (χ0n) is 14.4. The number of anilines is 1. The molecule has 1 aromatic heterocycles. The van der Waals surface area contributed by atoms with Crippen LogP contribution < -0.4 is 5.01 Å². The number of hydrogen-bond acceptors (Lipinski definition) is 6. The molecule has 0 bridgehead atoms. The average Bonchev–Trinajstić information content (AvgIpc) is 3.32. The first-order chi connectivity index (χ1) is 12.5. The lowest BCUT2D eigenvalue weighted by Gasteiger charge is -2.33. The molecule has 2 aliphatic heterocycles. The maximum Gasteiger partial charge on any atom is 0.302 e. The molecule has 2 aromatic rings. The second kappa shape index (κ2) is 6.55. The molecule has 134 valence electrons. The van der Waals surface area contributed by atoms with Gasteiger partial charge in [-0.3, -0.25) is 9.59 Å². The maximum absolute atomic E-state index is 13.6. The van der Waals surface area contributed by atoms with Crippen LogP contribution in [0.4, 0.5) is 5.69 Å². The van der Waals surface area contributed by atoms with Crippen molar-refractivity contribution in [3.8, 4) is 0 Å². The van der Waals surface area contributed by atoms with E-state index in [1.807, 2.05) is 54.8 Å². The van der Waals surface area contributed by atoms with Gasteiger partial charge in [0, 0.05) is 17.6 Å². The Bertz CT molecular complexity index is 866. The quantitative estimate of drug-likeness (QED) is 0.751. The van der Waals surface area contributed by atoms with Crippen LogP contribution in [0.25, 0.3) is 0 Å². The Morgan fingerprint density at radius 1 is 1.27 bits per heavy atom. The molecular weight excluding hydrogens is 368 g/mol. The Balaban J connectivity index is 1.82. The standard InChI is InChI=1S/C19H18N2O3S2/c1-12-19(18(23)21(20-12)14-7-4-3-5-8-14)16(24-13(2)22)11-26-17(19)15-9-6-10-25-15/h3-10,16-17H,11H2,1-2H3/t16-,17-,19+/m0/s1. The van der Waals surface area contributed by atoms with E-state index in [4.69, 9.17) is 4.74 Å². The summed E-state index contributed by atoms with van der Waals surface area (Å²) in [4.78, 5) is 26.5. The van der Waals surface area contributed by atoms with E-state index >= 15 is 0 Å². The van der Waals surface area contributed by atoms with Gasteiger partial charge in [-0.15, -0.1) is 23.1 Å². The minimum Gasteiger partial charge on any atom is -0.460 e. The van der Waals surface area contributed by atoms with Crippen LogP contribution in [0.1, 0.15) is 24.0 Å². The molecule has 3 atom stereocenters. The molecular formula is C19H18N2O3S2. The summed E-state index contributed by atoms with van der Waals surface area (Å²) in [5.41, 5.74) is 0.454. The fourth-order valence-corrected chi connectivity index (χ4v) is 6.49. The Morgan fingerprint density at radius 2 is 2.04 bits per heavy atom. The van der Waals surface area contributed by atoms with Gasteiger partial charge in [-0.2, -0.15) is 10.1 Å². The summed E-state index contributed by atoms with van der Waals surface area (Å²) in [5, 5.41) is 7.94. The number of thiophene rings is 1. The molecule has 0 radical (unpaired) electrons. The smallest absolute Gasteiger partial charge is 0.302 e. The number of carbonyl (C=O) groups is 2. The summed E-state index contributed by atoms with van der Waals surface area (Å²) in [5.74, 6) is 0.0695. The number of hydrogen-bond donors (Lipinski definition) is 0. The van der Waals surface area contributed by atoms with Crippen molar-refractivity contribution in [1.82, 2.24) is 0 Å². The van der Waals surface area contributed by atoms with Crippen molar-refractivity contribution in [2.75, 3.05) is 10.8 Å². The van der Waals surface area contributed by atoms with Crippen molar-refractivity contribution in [2.45, 2.75) is 25.2 Å². The van der Waals surface area contributed by atoms with Gasteiger partial charge < -0.3 is 4.74 Å². The highest BCUT2D eigenvalue weighted by molar-refractivity contribution is 8.00. The van der Waals surface area contributed by atoms with Crippen LogP contribution >= 0.6 is 23.1 Å². The van der Waals surface area contributed by atoms with Crippen molar-refractivity contribution in [2.24, 2.45) is 10.5 Å². The van der Waals surface area contributed by atoms with Crippen LogP contribution in [0.15, 0.2) is 52.9 Å². The Morgan fingerprint density at radius 3 is 2.69 bits per heavy atom. The van der Waals surface area contributed by atoms with E-state index in [0.29, 0.717) is 11.5 Å². The van der Waals surface area contributed by atoms with Gasteiger partial charge in [-0.1, -0.05) is 24.3 Å². The highest BCUT2D eigenvalue weighted by Gasteiger charge is 2.65. The largest absolute Gasteiger partial charge is 0.460 e. The van der Waals surface area contributed by atoms with Gasteiger partial charge >= 0.3 is 5.97 Å². The number of rotatable bonds is 3. The molecule has 1 fully saturated rings. The van der Waals surface area contributed by atoms with Crippen molar-refractivity contribution >= 4 is 46.4 Å². The monoisotopic (exact) mass is 386 g/mol. The summed E-state index contributed by atoms with van der Waals surface area (Å²) in [6, 6.07) is 13.4. The molecule has 0 aliphatic carbocycles. The molecule has 0 unspecified atom stereocenters. The third kappa shape index (κ3) is 2.49. The minimum atomic E-state index is -0.961. The van der Waals surface area contributed by atoms with Crippen LogP contribution in [0.2, 0.25) is 0 Å².